The van der Waals surface area contributed by atoms with Gasteiger partial charge in [-0.3, -0.25) is 0 Å². The van der Waals surface area contributed by atoms with E-state index in [1.54, 1.807) is 6.07 Å². The van der Waals surface area contributed by atoms with Crippen LogP contribution in [0, 0.1) is 11.3 Å². The zero-order valence-corrected chi connectivity index (χ0v) is 12.4. The molecular weight excluding hydrogens is 282 g/mol. The third-order valence-corrected chi connectivity index (χ3v) is 3.22. The van der Waals surface area contributed by atoms with Gasteiger partial charge in [-0.1, -0.05) is 30.3 Å². The summed E-state index contributed by atoms with van der Waals surface area (Å²) in [7, 11) is 1.22. The second kappa shape index (κ2) is 7.96. The Morgan fingerprint density at radius 3 is 2.64 bits per heavy atom. The second-order valence-corrected chi connectivity index (χ2v) is 4.56. The van der Waals surface area contributed by atoms with Gasteiger partial charge in [0, 0.05) is 13.1 Å². The third-order valence-electron chi connectivity index (χ3n) is 3.22. The van der Waals surface area contributed by atoms with Crippen LogP contribution in [-0.2, 0) is 14.3 Å². The number of morpholine rings is 1. The van der Waals surface area contributed by atoms with Gasteiger partial charge in [-0.05, 0) is 5.56 Å². The number of nitrogens with zero attached hydrogens (tertiary/aromatic N) is 3. The molecule has 6 heteroatoms. The van der Waals surface area contributed by atoms with E-state index in [1.165, 1.54) is 13.3 Å². The van der Waals surface area contributed by atoms with Gasteiger partial charge in [-0.25, -0.2) is 9.79 Å². The highest BCUT2D eigenvalue weighted by Crippen LogP contribution is 2.20. The number of aliphatic imine (C=N–C) groups is 1. The number of benzene rings is 1. The first-order valence-corrected chi connectivity index (χ1v) is 6.90. The Balaban J connectivity index is 2.35. The molecule has 0 N–H and O–H groups in total. The van der Waals surface area contributed by atoms with Gasteiger partial charge in [-0.15, -0.1) is 0 Å². The van der Waals surface area contributed by atoms with Crippen molar-refractivity contribution in [1.82, 2.24) is 4.90 Å². The quantitative estimate of drug-likeness (QED) is 0.621. The van der Waals surface area contributed by atoms with Gasteiger partial charge in [0.2, 0.25) is 5.71 Å². The lowest BCUT2D eigenvalue weighted by Crippen LogP contribution is -2.35. The van der Waals surface area contributed by atoms with Gasteiger partial charge in [-0.2, -0.15) is 5.26 Å². The summed E-state index contributed by atoms with van der Waals surface area (Å²) in [6.45, 7) is 2.73. The van der Waals surface area contributed by atoms with Gasteiger partial charge in [0.15, 0.2) is 0 Å². The fraction of sp³-hybridized carbons (Fsp3) is 0.312. The lowest BCUT2D eigenvalue weighted by Gasteiger charge is -2.30. The van der Waals surface area contributed by atoms with Crippen molar-refractivity contribution in [2.45, 2.75) is 0 Å². The number of methoxy groups -OCH3 is 1. The maximum atomic E-state index is 11.4. The summed E-state index contributed by atoms with van der Waals surface area (Å²) in [6, 6.07) is 11.5. The Labute approximate surface area is 129 Å². The standard InChI is InChI=1S/C16H17N3O3/c1-21-16(20)14(11-17)18-12-15(13-5-3-2-4-6-13)19-7-9-22-10-8-19/h2-6,12H,7-10H2,1H3. The summed E-state index contributed by atoms with van der Waals surface area (Å²) >= 11 is 0. The number of nitriles is 1. The summed E-state index contributed by atoms with van der Waals surface area (Å²) in [5.74, 6) is -0.742. The second-order valence-electron chi connectivity index (χ2n) is 4.56. The third kappa shape index (κ3) is 3.93. The summed E-state index contributed by atoms with van der Waals surface area (Å²) in [4.78, 5) is 17.6. The minimum Gasteiger partial charge on any atom is -0.464 e. The average molecular weight is 299 g/mol. The Morgan fingerprint density at radius 2 is 2.05 bits per heavy atom. The predicted octanol–water partition coefficient (Wildman–Crippen LogP) is 1.45. The number of hydrogen-bond donors (Lipinski definition) is 0. The van der Waals surface area contributed by atoms with Gasteiger partial charge in [0.25, 0.3) is 0 Å². The molecule has 0 bridgehead atoms. The van der Waals surface area contributed by atoms with E-state index in [2.05, 4.69) is 14.6 Å². The van der Waals surface area contributed by atoms with E-state index >= 15 is 0 Å². The Kier molecular flexibility index (Phi) is 5.69. The SMILES string of the molecule is COC(=O)C(C#N)=NC=C(c1ccccc1)N1CCOCC1. The maximum absolute atomic E-state index is 11.4. The van der Waals surface area contributed by atoms with Crippen LogP contribution in [0.25, 0.3) is 5.70 Å². The predicted molar refractivity (Wildman–Crippen MR) is 81.9 cm³/mol. The fourth-order valence-electron chi connectivity index (χ4n) is 2.10. The molecule has 0 aliphatic carbocycles. The Morgan fingerprint density at radius 1 is 1.36 bits per heavy atom. The smallest absolute Gasteiger partial charge is 0.367 e. The van der Waals surface area contributed by atoms with Crippen molar-refractivity contribution in [3.8, 4) is 6.07 Å². The van der Waals surface area contributed by atoms with Crippen LogP contribution < -0.4 is 0 Å². The van der Waals surface area contributed by atoms with Gasteiger partial charge >= 0.3 is 5.97 Å². The molecule has 1 heterocycles. The molecule has 0 spiro atoms. The van der Waals surface area contributed by atoms with Crippen molar-refractivity contribution < 1.29 is 14.3 Å². The Hall–Kier alpha value is -2.65. The van der Waals surface area contributed by atoms with E-state index in [9.17, 15) is 4.79 Å². The van der Waals surface area contributed by atoms with Crippen molar-refractivity contribution in [1.29, 1.82) is 5.26 Å². The molecule has 1 aromatic rings. The molecule has 6 nitrogen and oxygen atoms in total. The molecular formula is C16H17N3O3. The zero-order valence-electron chi connectivity index (χ0n) is 12.4. The van der Waals surface area contributed by atoms with Crippen LogP contribution in [0.5, 0.6) is 0 Å². The molecule has 1 saturated heterocycles. The molecule has 0 aromatic heterocycles. The molecule has 1 aliphatic rings. The highest BCUT2D eigenvalue weighted by molar-refractivity contribution is 6.43. The summed E-state index contributed by atoms with van der Waals surface area (Å²) in [6.07, 6.45) is 1.54. The average Bonchev–Trinajstić information content (AvgIpc) is 2.60. The van der Waals surface area contributed by atoms with Crippen LogP contribution in [0.1, 0.15) is 5.56 Å². The van der Waals surface area contributed by atoms with E-state index in [-0.39, 0.29) is 5.71 Å². The lowest BCUT2D eigenvalue weighted by atomic mass is 10.1. The Bertz CT molecular complexity index is 611. The number of hydrogen-bond acceptors (Lipinski definition) is 6. The largest absolute Gasteiger partial charge is 0.464 e. The minimum absolute atomic E-state index is 0.274. The summed E-state index contributed by atoms with van der Waals surface area (Å²) in [5, 5.41) is 8.98. The van der Waals surface area contributed by atoms with Crippen LogP contribution >= 0.6 is 0 Å². The highest BCUT2D eigenvalue weighted by Gasteiger charge is 2.16. The number of esters is 1. The molecule has 1 fully saturated rings. The number of ether oxygens (including phenoxy) is 2. The molecule has 2 rings (SSSR count). The topological polar surface area (TPSA) is 74.9 Å². The van der Waals surface area contributed by atoms with Crippen molar-refractivity contribution in [3.63, 3.8) is 0 Å². The first-order chi connectivity index (χ1) is 10.8. The highest BCUT2D eigenvalue weighted by atomic mass is 16.5. The lowest BCUT2D eigenvalue weighted by molar-refractivity contribution is -0.132. The molecule has 0 unspecified atom stereocenters. The van der Waals surface area contributed by atoms with Gasteiger partial charge in [0.1, 0.15) is 6.07 Å². The van der Waals surface area contributed by atoms with Gasteiger partial charge in [0.05, 0.1) is 32.2 Å². The van der Waals surface area contributed by atoms with Crippen molar-refractivity contribution in [3.05, 3.63) is 42.1 Å². The van der Waals surface area contributed by atoms with E-state index in [0.29, 0.717) is 13.2 Å². The number of rotatable bonds is 4. The van der Waals surface area contributed by atoms with Gasteiger partial charge < -0.3 is 14.4 Å². The normalized spacial score (nSPS) is 16.1. The fourth-order valence-corrected chi connectivity index (χ4v) is 2.10. The van der Waals surface area contributed by atoms with Crippen LogP contribution in [0.4, 0.5) is 0 Å². The van der Waals surface area contributed by atoms with Crippen LogP contribution in [-0.4, -0.2) is 50.0 Å². The van der Waals surface area contributed by atoms with Crippen LogP contribution in [0.2, 0.25) is 0 Å². The minimum atomic E-state index is -0.742. The van der Waals surface area contributed by atoms with Crippen LogP contribution in [0.15, 0.2) is 41.5 Å². The molecule has 1 aliphatic heterocycles. The molecule has 0 saturated carbocycles. The first-order valence-electron chi connectivity index (χ1n) is 6.90. The van der Waals surface area contributed by atoms with Crippen LogP contribution in [0.3, 0.4) is 0 Å². The first kappa shape index (κ1) is 15.7. The number of carbonyl (C=O) groups excluding carboxylic acids is 1. The van der Waals surface area contributed by atoms with Crippen molar-refractivity contribution in [2.24, 2.45) is 4.99 Å². The zero-order chi connectivity index (χ0) is 15.8. The molecule has 0 atom stereocenters. The number of carbonyl (C=O) groups is 1. The monoisotopic (exact) mass is 299 g/mol. The molecule has 0 radical (unpaired) electrons. The van der Waals surface area contributed by atoms with E-state index < -0.39 is 5.97 Å². The molecule has 114 valence electrons. The molecule has 0 amide bonds. The van der Waals surface area contributed by atoms with E-state index in [0.717, 1.165) is 24.4 Å². The van der Waals surface area contributed by atoms with Crippen molar-refractivity contribution >= 4 is 17.4 Å². The molecule has 22 heavy (non-hydrogen) atoms. The summed E-state index contributed by atoms with van der Waals surface area (Å²) in [5.41, 5.74) is 1.54. The summed E-state index contributed by atoms with van der Waals surface area (Å²) < 4.78 is 9.89. The molecule has 1 aromatic carbocycles. The van der Waals surface area contributed by atoms with E-state index in [1.807, 2.05) is 30.3 Å². The van der Waals surface area contributed by atoms with Crippen molar-refractivity contribution in [2.75, 3.05) is 33.4 Å². The maximum Gasteiger partial charge on any atom is 0.367 e. The van der Waals surface area contributed by atoms with E-state index in [4.69, 9.17) is 10.00 Å².